The minimum absolute atomic E-state index is 0.698. The van der Waals surface area contributed by atoms with Gasteiger partial charge in [-0.2, -0.15) is 0 Å². The highest BCUT2D eigenvalue weighted by molar-refractivity contribution is 6.24. The zero-order chi connectivity index (χ0) is 40.7. The Morgan fingerprint density at radius 3 is 1.32 bits per heavy atom. The van der Waals surface area contributed by atoms with E-state index in [4.69, 9.17) is 14.4 Å². The number of furan rings is 1. The first-order chi connectivity index (χ1) is 30.7. The first-order valence-corrected chi connectivity index (χ1v) is 21.1. The van der Waals surface area contributed by atoms with Crippen LogP contribution in [-0.4, -0.2) is 14.4 Å². The molecule has 0 aliphatic carbocycles. The van der Waals surface area contributed by atoms with Gasteiger partial charge in [-0.25, -0.2) is 9.97 Å². The summed E-state index contributed by atoms with van der Waals surface area (Å²) >= 11 is 0. The number of nitrogens with zero attached hydrogens (tertiary/aromatic N) is 3. The molecule has 0 aliphatic rings. The van der Waals surface area contributed by atoms with Gasteiger partial charge in [0.15, 0.2) is 5.82 Å². The Kier molecular flexibility index (Phi) is 7.57. The quantitative estimate of drug-likeness (QED) is 0.168. The normalized spacial score (nSPS) is 11.9. The summed E-state index contributed by atoms with van der Waals surface area (Å²) in [6.45, 7) is 0. The van der Waals surface area contributed by atoms with Crippen molar-refractivity contribution in [3.63, 3.8) is 0 Å². The van der Waals surface area contributed by atoms with E-state index in [0.717, 1.165) is 66.7 Å². The molecule has 0 N–H and O–H groups in total. The van der Waals surface area contributed by atoms with E-state index in [9.17, 15) is 0 Å². The minimum Gasteiger partial charge on any atom is -0.456 e. The molecule has 9 aromatic carbocycles. The van der Waals surface area contributed by atoms with Crippen LogP contribution < -0.4 is 0 Å². The van der Waals surface area contributed by atoms with Crippen LogP contribution in [0, 0.1) is 0 Å². The van der Waals surface area contributed by atoms with E-state index in [1.54, 1.807) is 0 Å². The lowest BCUT2D eigenvalue weighted by atomic mass is 9.96. The number of fused-ring (bicyclic) bond motifs is 9. The van der Waals surface area contributed by atoms with Crippen LogP contribution in [-0.2, 0) is 0 Å². The number of rotatable bonds is 6. The van der Waals surface area contributed by atoms with Crippen LogP contribution in [0.4, 0.5) is 0 Å². The van der Waals surface area contributed by atoms with Gasteiger partial charge >= 0.3 is 0 Å². The van der Waals surface area contributed by atoms with E-state index < -0.39 is 0 Å². The summed E-state index contributed by atoms with van der Waals surface area (Å²) in [4.78, 5) is 10.2. The summed E-state index contributed by atoms with van der Waals surface area (Å²) in [5.74, 6) is 0.698. The summed E-state index contributed by atoms with van der Waals surface area (Å²) in [6.07, 6.45) is 0. The molecular weight excluding hydrogens is 755 g/mol. The van der Waals surface area contributed by atoms with Gasteiger partial charge in [0.1, 0.15) is 11.2 Å². The van der Waals surface area contributed by atoms with Crippen LogP contribution in [0.5, 0.6) is 0 Å². The van der Waals surface area contributed by atoms with E-state index in [-0.39, 0.29) is 0 Å². The lowest BCUT2D eigenvalue weighted by Gasteiger charge is -2.11. The van der Waals surface area contributed by atoms with E-state index in [2.05, 4.69) is 186 Å². The van der Waals surface area contributed by atoms with Crippen molar-refractivity contribution in [2.75, 3.05) is 0 Å². The Morgan fingerprint density at radius 2 is 0.726 bits per heavy atom. The average molecular weight is 790 g/mol. The van der Waals surface area contributed by atoms with Crippen molar-refractivity contribution in [1.82, 2.24) is 14.4 Å². The molecule has 0 spiro atoms. The van der Waals surface area contributed by atoms with Gasteiger partial charge in [0, 0.05) is 49.0 Å². The van der Waals surface area contributed by atoms with Crippen molar-refractivity contribution in [2.45, 2.75) is 0 Å². The fraction of sp³-hybridized carbons (Fsp3) is 0. The maximum absolute atomic E-state index is 6.08. The Morgan fingerprint density at radius 1 is 0.290 bits per heavy atom. The fourth-order valence-corrected chi connectivity index (χ4v) is 9.50. The van der Waals surface area contributed by atoms with Gasteiger partial charge in [-0.15, -0.1) is 0 Å². The summed E-state index contributed by atoms with van der Waals surface area (Å²) < 4.78 is 8.51. The molecular formula is C58H35N3O. The van der Waals surface area contributed by atoms with Crippen molar-refractivity contribution < 1.29 is 4.42 Å². The third-order valence-electron chi connectivity index (χ3n) is 12.6. The largest absolute Gasteiger partial charge is 0.456 e. The molecule has 0 amide bonds. The molecule has 0 atom stereocenters. The lowest BCUT2D eigenvalue weighted by molar-refractivity contribution is 0.669. The highest BCUT2D eigenvalue weighted by atomic mass is 16.3. The first-order valence-electron chi connectivity index (χ1n) is 21.1. The maximum Gasteiger partial charge on any atom is 0.160 e. The fourth-order valence-electron chi connectivity index (χ4n) is 9.50. The van der Waals surface area contributed by atoms with Crippen molar-refractivity contribution in [3.05, 3.63) is 212 Å². The van der Waals surface area contributed by atoms with Gasteiger partial charge < -0.3 is 8.82 Å². The zero-order valence-corrected chi connectivity index (χ0v) is 33.5. The Hall–Kier alpha value is -8.34. The van der Waals surface area contributed by atoms with Gasteiger partial charge in [-0.05, 0) is 81.9 Å². The molecule has 13 aromatic rings. The Balaban J connectivity index is 0.825. The standard InChI is InChI=1S/C58H35N3O/c1-2-10-42(11-3-1)58-59-51(35-52(60-58)41-28-24-38(25-29-41)43-30-31-56-48(32-43)47-14-6-9-17-55(47)62-56)40-26-22-37(23-27-40)36-18-20-39(21-19-36)44-33-49-45-12-4-7-15-53(45)61-54-16-8-5-13-46(54)50(34-44)57(49)61/h1-35H. The summed E-state index contributed by atoms with van der Waals surface area (Å²) in [6, 6.07) is 75.6. The van der Waals surface area contributed by atoms with Gasteiger partial charge in [-0.3, -0.25) is 0 Å². The van der Waals surface area contributed by atoms with Crippen molar-refractivity contribution >= 4 is 60.0 Å². The van der Waals surface area contributed by atoms with Gasteiger partial charge in [0.25, 0.3) is 0 Å². The van der Waals surface area contributed by atoms with Crippen LogP contribution in [0.15, 0.2) is 217 Å². The summed E-state index contributed by atoms with van der Waals surface area (Å²) in [7, 11) is 0. The predicted molar refractivity (Wildman–Crippen MR) is 257 cm³/mol. The third-order valence-corrected chi connectivity index (χ3v) is 12.6. The Labute approximate surface area is 357 Å². The summed E-state index contributed by atoms with van der Waals surface area (Å²) in [5, 5.41) is 7.41. The topological polar surface area (TPSA) is 43.3 Å². The van der Waals surface area contributed by atoms with Gasteiger partial charge in [0.05, 0.1) is 27.9 Å². The first kappa shape index (κ1) is 34.5. The molecule has 288 valence electrons. The molecule has 13 rings (SSSR count). The van der Waals surface area contributed by atoms with Gasteiger partial charge in [-0.1, -0.05) is 164 Å². The second kappa shape index (κ2) is 13.6. The number of benzene rings is 9. The predicted octanol–water partition coefficient (Wildman–Crippen LogP) is 15.5. The number of para-hydroxylation sites is 3. The van der Waals surface area contributed by atoms with E-state index in [0.29, 0.717) is 5.82 Å². The smallest absolute Gasteiger partial charge is 0.160 e. The highest BCUT2D eigenvalue weighted by Crippen LogP contribution is 2.42. The highest BCUT2D eigenvalue weighted by Gasteiger charge is 2.19. The van der Waals surface area contributed by atoms with Crippen molar-refractivity contribution in [1.29, 1.82) is 0 Å². The molecule has 0 aliphatic heterocycles. The van der Waals surface area contributed by atoms with Crippen molar-refractivity contribution in [3.8, 4) is 67.3 Å². The molecule has 4 heterocycles. The van der Waals surface area contributed by atoms with Crippen LogP contribution in [0.25, 0.3) is 127 Å². The van der Waals surface area contributed by atoms with Crippen LogP contribution in [0.3, 0.4) is 0 Å². The molecule has 4 heteroatoms. The maximum atomic E-state index is 6.08. The van der Waals surface area contributed by atoms with Crippen LogP contribution in [0.2, 0.25) is 0 Å². The second-order valence-electron chi connectivity index (χ2n) is 16.2. The molecule has 62 heavy (non-hydrogen) atoms. The molecule has 0 fully saturated rings. The molecule has 0 radical (unpaired) electrons. The Bertz CT molecular complexity index is 3740. The van der Waals surface area contributed by atoms with E-state index in [1.807, 2.05) is 30.3 Å². The monoisotopic (exact) mass is 789 g/mol. The number of hydrogen-bond acceptors (Lipinski definition) is 3. The molecule has 0 unspecified atom stereocenters. The zero-order valence-electron chi connectivity index (χ0n) is 33.5. The van der Waals surface area contributed by atoms with E-state index >= 15 is 0 Å². The van der Waals surface area contributed by atoms with E-state index in [1.165, 1.54) is 54.8 Å². The average Bonchev–Trinajstić information content (AvgIpc) is 4.01. The molecule has 4 aromatic heterocycles. The lowest BCUT2D eigenvalue weighted by Crippen LogP contribution is -1.96. The summed E-state index contributed by atoms with van der Waals surface area (Å²) in [5.41, 5.74) is 17.4. The number of aromatic nitrogens is 3. The van der Waals surface area contributed by atoms with Crippen LogP contribution in [0.1, 0.15) is 0 Å². The SMILES string of the molecule is c1ccc(-c2nc(-c3ccc(-c4ccc(-c5cc6c7ccccc7n7c8ccccc8c(c5)c67)cc4)cc3)cc(-c3ccc(-c4ccc5oc6ccccc6c5c4)cc3)n2)cc1. The van der Waals surface area contributed by atoms with Gasteiger partial charge in [0.2, 0.25) is 0 Å². The number of hydrogen-bond donors (Lipinski definition) is 0. The van der Waals surface area contributed by atoms with Crippen LogP contribution >= 0.6 is 0 Å². The molecule has 0 saturated carbocycles. The molecule has 0 saturated heterocycles. The molecule has 0 bridgehead atoms. The second-order valence-corrected chi connectivity index (χ2v) is 16.2. The molecule has 4 nitrogen and oxygen atoms in total. The third kappa shape index (κ3) is 5.47. The van der Waals surface area contributed by atoms with Crippen molar-refractivity contribution in [2.24, 2.45) is 0 Å². The minimum atomic E-state index is 0.698.